The Hall–Kier alpha value is -2.21. The second kappa shape index (κ2) is 10.4. The molecule has 6 nitrogen and oxygen atoms in total. The van der Waals surface area contributed by atoms with E-state index in [1.807, 2.05) is 0 Å². The molecule has 0 aromatic heterocycles. The van der Waals surface area contributed by atoms with E-state index < -0.39 is 5.97 Å². The minimum absolute atomic E-state index is 0.188. The molecule has 0 spiro atoms. The molecule has 0 saturated heterocycles. The minimum Gasteiger partial charge on any atom is -0.489 e. The van der Waals surface area contributed by atoms with Crippen molar-refractivity contribution in [1.82, 2.24) is 5.32 Å². The zero-order chi connectivity index (χ0) is 19.8. The van der Waals surface area contributed by atoms with E-state index >= 15 is 0 Å². The molecule has 1 saturated carbocycles. The summed E-state index contributed by atoms with van der Waals surface area (Å²) in [5.74, 6) is 0.237. The van der Waals surface area contributed by atoms with Gasteiger partial charge in [0, 0.05) is 18.5 Å². The fourth-order valence-corrected chi connectivity index (χ4v) is 3.66. The predicted molar refractivity (Wildman–Crippen MR) is 107 cm³/mol. The van der Waals surface area contributed by atoms with Gasteiger partial charge in [0.05, 0.1) is 18.2 Å². The predicted octanol–water partition coefficient (Wildman–Crippen LogP) is 3.90. The summed E-state index contributed by atoms with van der Waals surface area (Å²) in [7, 11) is 0. The molecule has 1 amide bonds. The second-order valence-electron chi connectivity index (χ2n) is 7.08. The first-order valence-electron chi connectivity index (χ1n) is 9.85. The maximum absolute atomic E-state index is 12.0. The Labute approximate surface area is 170 Å². The van der Waals surface area contributed by atoms with E-state index in [2.05, 4.69) is 5.32 Å². The van der Waals surface area contributed by atoms with Gasteiger partial charge in [0.25, 0.3) is 5.91 Å². The maximum Gasteiger partial charge on any atom is 0.331 e. The Morgan fingerprint density at radius 3 is 2.64 bits per heavy atom. The monoisotopic (exact) mass is 407 g/mol. The third-order valence-electron chi connectivity index (χ3n) is 4.80. The first-order chi connectivity index (χ1) is 13.6. The number of nitrogens with one attached hydrogen (secondary N) is 1. The smallest absolute Gasteiger partial charge is 0.331 e. The van der Waals surface area contributed by atoms with Gasteiger partial charge in [-0.05, 0) is 36.6 Å². The molecule has 7 heteroatoms. The standard InChI is InChI=1S/C21H26ClNO5/c22-17-12-15(13-18-21(17)27-11-5-10-26-18)8-9-20(25)28-14-19(24)23-16-6-3-1-2-4-7-16/h8-9,12-13,16H,1-7,10-11,14H2,(H,23,24)/b9-8+. The van der Waals surface area contributed by atoms with Gasteiger partial charge < -0.3 is 19.5 Å². The lowest BCUT2D eigenvalue weighted by Crippen LogP contribution is -2.37. The number of benzene rings is 1. The van der Waals surface area contributed by atoms with E-state index in [1.165, 1.54) is 18.9 Å². The highest BCUT2D eigenvalue weighted by molar-refractivity contribution is 6.32. The first-order valence-corrected chi connectivity index (χ1v) is 10.2. The van der Waals surface area contributed by atoms with Gasteiger partial charge in [-0.3, -0.25) is 4.79 Å². The lowest BCUT2D eigenvalue weighted by Gasteiger charge is -2.15. The molecular weight excluding hydrogens is 382 g/mol. The molecule has 1 aliphatic carbocycles. The van der Waals surface area contributed by atoms with Gasteiger partial charge in [0.15, 0.2) is 18.1 Å². The molecule has 152 valence electrons. The fourth-order valence-electron chi connectivity index (χ4n) is 3.39. The van der Waals surface area contributed by atoms with Crippen molar-refractivity contribution in [2.45, 2.75) is 51.0 Å². The Morgan fingerprint density at radius 2 is 1.86 bits per heavy atom. The summed E-state index contributed by atoms with van der Waals surface area (Å²) < 4.78 is 16.2. The van der Waals surface area contributed by atoms with Crippen LogP contribution in [0.15, 0.2) is 18.2 Å². The minimum atomic E-state index is -0.584. The van der Waals surface area contributed by atoms with Crippen LogP contribution < -0.4 is 14.8 Å². The van der Waals surface area contributed by atoms with E-state index in [4.69, 9.17) is 25.8 Å². The van der Waals surface area contributed by atoms with Gasteiger partial charge in [0.2, 0.25) is 0 Å². The number of halogens is 1. The summed E-state index contributed by atoms with van der Waals surface area (Å²) in [6, 6.07) is 3.64. The van der Waals surface area contributed by atoms with Crippen LogP contribution in [0.4, 0.5) is 0 Å². The fraction of sp³-hybridized carbons (Fsp3) is 0.524. The van der Waals surface area contributed by atoms with Crippen LogP contribution in [0.5, 0.6) is 11.5 Å². The zero-order valence-corrected chi connectivity index (χ0v) is 16.6. The van der Waals surface area contributed by atoms with Crippen molar-refractivity contribution in [2.75, 3.05) is 19.8 Å². The number of ether oxygens (including phenoxy) is 3. The molecule has 1 aromatic carbocycles. The molecule has 2 aliphatic rings. The molecule has 1 N–H and O–H groups in total. The van der Waals surface area contributed by atoms with Crippen molar-refractivity contribution in [3.05, 3.63) is 28.8 Å². The number of esters is 1. The molecule has 28 heavy (non-hydrogen) atoms. The molecule has 0 radical (unpaired) electrons. The molecular formula is C21H26ClNO5. The van der Waals surface area contributed by atoms with Gasteiger partial charge in [-0.2, -0.15) is 0 Å². The Balaban J connectivity index is 1.49. The highest BCUT2D eigenvalue weighted by atomic mass is 35.5. The van der Waals surface area contributed by atoms with E-state index in [9.17, 15) is 9.59 Å². The van der Waals surface area contributed by atoms with Crippen molar-refractivity contribution in [3.63, 3.8) is 0 Å². The summed E-state index contributed by atoms with van der Waals surface area (Å²) >= 11 is 6.23. The van der Waals surface area contributed by atoms with Crippen LogP contribution in [0.2, 0.25) is 5.02 Å². The van der Waals surface area contributed by atoms with Crippen molar-refractivity contribution >= 4 is 29.6 Å². The molecule has 3 rings (SSSR count). The molecule has 1 aliphatic heterocycles. The van der Waals surface area contributed by atoms with Crippen molar-refractivity contribution in [2.24, 2.45) is 0 Å². The number of carbonyl (C=O) groups excluding carboxylic acids is 2. The van der Waals surface area contributed by atoms with E-state index in [1.54, 1.807) is 18.2 Å². The van der Waals surface area contributed by atoms with Gasteiger partial charge >= 0.3 is 5.97 Å². The lowest BCUT2D eigenvalue weighted by molar-refractivity contribution is -0.144. The molecule has 1 heterocycles. The quantitative estimate of drug-likeness (QED) is 0.455. The van der Waals surface area contributed by atoms with E-state index in [-0.39, 0.29) is 18.6 Å². The highest BCUT2D eigenvalue weighted by Crippen LogP contribution is 2.38. The Kier molecular flexibility index (Phi) is 7.60. The third-order valence-corrected chi connectivity index (χ3v) is 5.08. The normalized spacial score (nSPS) is 17.6. The molecule has 0 bridgehead atoms. The summed E-state index contributed by atoms with van der Waals surface area (Å²) in [6.45, 7) is 0.827. The number of carbonyl (C=O) groups is 2. The maximum atomic E-state index is 12.0. The van der Waals surface area contributed by atoms with Crippen LogP contribution in [0, 0.1) is 0 Å². The molecule has 1 aromatic rings. The van der Waals surface area contributed by atoms with Crippen LogP contribution >= 0.6 is 11.6 Å². The van der Waals surface area contributed by atoms with Crippen LogP contribution in [0.25, 0.3) is 6.08 Å². The van der Waals surface area contributed by atoms with E-state index in [0.717, 1.165) is 32.1 Å². The Morgan fingerprint density at radius 1 is 1.11 bits per heavy atom. The second-order valence-corrected chi connectivity index (χ2v) is 7.48. The zero-order valence-electron chi connectivity index (χ0n) is 15.9. The Bertz CT molecular complexity index is 726. The van der Waals surface area contributed by atoms with E-state index in [0.29, 0.717) is 35.3 Å². The SMILES string of the molecule is O=C(COC(=O)/C=C/c1cc(Cl)c2c(c1)OCCCO2)NC1CCCCCC1. The summed E-state index contributed by atoms with van der Waals surface area (Å²) in [4.78, 5) is 23.9. The summed E-state index contributed by atoms with van der Waals surface area (Å²) in [6.07, 6.45) is 10.3. The van der Waals surface area contributed by atoms with Gasteiger partial charge in [-0.15, -0.1) is 0 Å². The van der Waals surface area contributed by atoms with Crippen LogP contribution in [-0.2, 0) is 14.3 Å². The largest absolute Gasteiger partial charge is 0.489 e. The van der Waals surface area contributed by atoms with Crippen LogP contribution in [0.3, 0.4) is 0 Å². The number of rotatable bonds is 5. The molecule has 0 unspecified atom stereocenters. The lowest BCUT2D eigenvalue weighted by atomic mass is 10.1. The number of amides is 1. The van der Waals surface area contributed by atoms with Crippen molar-refractivity contribution in [1.29, 1.82) is 0 Å². The third kappa shape index (κ3) is 6.16. The van der Waals surface area contributed by atoms with Crippen LogP contribution in [-0.4, -0.2) is 37.7 Å². The molecule has 1 fully saturated rings. The average molecular weight is 408 g/mol. The van der Waals surface area contributed by atoms with Crippen LogP contribution in [0.1, 0.15) is 50.5 Å². The van der Waals surface area contributed by atoms with Gasteiger partial charge in [-0.25, -0.2) is 4.79 Å². The topological polar surface area (TPSA) is 73.9 Å². The molecule has 0 atom stereocenters. The van der Waals surface area contributed by atoms with Gasteiger partial charge in [-0.1, -0.05) is 37.3 Å². The highest BCUT2D eigenvalue weighted by Gasteiger charge is 2.16. The summed E-state index contributed by atoms with van der Waals surface area (Å²) in [5, 5.41) is 3.37. The summed E-state index contributed by atoms with van der Waals surface area (Å²) in [5.41, 5.74) is 0.689. The first kappa shape index (κ1) is 20.5. The van der Waals surface area contributed by atoms with Gasteiger partial charge in [0.1, 0.15) is 0 Å². The number of hydrogen-bond acceptors (Lipinski definition) is 5. The number of fused-ring (bicyclic) bond motifs is 1. The number of hydrogen-bond donors (Lipinski definition) is 1. The van der Waals surface area contributed by atoms with Crippen molar-refractivity contribution < 1.29 is 23.8 Å². The average Bonchev–Trinajstić information content (AvgIpc) is 3.07. The van der Waals surface area contributed by atoms with Crippen molar-refractivity contribution in [3.8, 4) is 11.5 Å².